The lowest BCUT2D eigenvalue weighted by molar-refractivity contribution is -0.143. The van der Waals surface area contributed by atoms with Crippen LogP contribution in [0, 0.1) is 20.8 Å². The second-order valence-corrected chi connectivity index (χ2v) is 8.46. The average molecular weight is 492 g/mol. The summed E-state index contributed by atoms with van der Waals surface area (Å²) in [4.78, 5) is 24.2. The van der Waals surface area contributed by atoms with E-state index in [9.17, 15) is 9.59 Å². The first-order chi connectivity index (χ1) is 17.3. The second kappa shape index (κ2) is 12.6. The lowest BCUT2D eigenvalue weighted by atomic mass is 10.1. The maximum Gasteiger partial charge on any atom is 0.331 e. The number of nitrogens with one attached hydrogen (secondary N) is 1. The van der Waals surface area contributed by atoms with E-state index in [2.05, 4.69) is 41.6 Å². The smallest absolute Gasteiger partial charge is 0.331 e. The maximum absolute atomic E-state index is 12.2. The molecule has 1 heterocycles. The van der Waals surface area contributed by atoms with E-state index in [1.54, 1.807) is 20.3 Å². The van der Waals surface area contributed by atoms with Crippen LogP contribution in [0.3, 0.4) is 0 Å². The monoisotopic (exact) mass is 491 g/mol. The Kier molecular flexibility index (Phi) is 9.27. The Hall–Kier alpha value is -4.07. The molecular formula is C28H33N3O5. The van der Waals surface area contributed by atoms with Crippen molar-refractivity contribution >= 4 is 18.0 Å². The molecule has 3 rings (SSSR count). The van der Waals surface area contributed by atoms with Crippen LogP contribution in [0.2, 0.25) is 0 Å². The average Bonchev–Trinajstić information content (AvgIpc) is 3.14. The van der Waals surface area contributed by atoms with Gasteiger partial charge in [0, 0.05) is 23.9 Å². The highest BCUT2D eigenvalue weighted by molar-refractivity contribution is 5.89. The summed E-state index contributed by atoms with van der Waals surface area (Å²) >= 11 is 0. The zero-order valence-corrected chi connectivity index (χ0v) is 21.5. The molecule has 0 saturated carbocycles. The van der Waals surface area contributed by atoms with Crippen LogP contribution in [-0.2, 0) is 27.3 Å². The Balaban J connectivity index is 1.46. The molecule has 0 aliphatic rings. The van der Waals surface area contributed by atoms with Gasteiger partial charge in [0.25, 0.3) is 5.91 Å². The van der Waals surface area contributed by atoms with E-state index >= 15 is 0 Å². The number of carbonyl (C=O) groups is 2. The zero-order chi connectivity index (χ0) is 26.1. The van der Waals surface area contributed by atoms with E-state index in [1.165, 1.54) is 11.6 Å². The Morgan fingerprint density at radius 3 is 2.36 bits per heavy atom. The van der Waals surface area contributed by atoms with Gasteiger partial charge < -0.3 is 19.5 Å². The van der Waals surface area contributed by atoms with Gasteiger partial charge >= 0.3 is 5.97 Å². The standard InChI is InChI=1S/C28H33N3O5/c1-19-6-8-23(9-7-19)17-31-21(3)24(20(2)30-31)11-13-28(33)36-18-27(32)29-15-14-22-10-12-25(34-4)26(16-22)35-5/h6-13,16H,14-15,17-18H2,1-5H3,(H,29,32)/b13-11-. The Labute approximate surface area is 211 Å². The largest absolute Gasteiger partial charge is 0.493 e. The Morgan fingerprint density at radius 1 is 0.972 bits per heavy atom. The number of hydrogen-bond donors (Lipinski definition) is 1. The number of ether oxygens (including phenoxy) is 3. The first-order valence-electron chi connectivity index (χ1n) is 11.7. The zero-order valence-electron chi connectivity index (χ0n) is 21.5. The molecule has 190 valence electrons. The molecule has 3 aromatic rings. The molecule has 1 N–H and O–H groups in total. The van der Waals surface area contributed by atoms with Crippen molar-refractivity contribution in [1.82, 2.24) is 15.1 Å². The molecule has 36 heavy (non-hydrogen) atoms. The fourth-order valence-electron chi connectivity index (χ4n) is 3.74. The second-order valence-electron chi connectivity index (χ2n) is 8.46. The van der Waals surface area contributed by atoms with E-state index < -0.39 is 5.97 Å². The predicted octanol–water partition coefficient (Wildman–Crippen LogP) is 3.79. The van der Waals surface area contributed by atoms with Crippen LogP contribution in [0.25, 0.3) is 6.08 Å². The number of amides is 1. The Bertz CT molecular complexity index is 1230. The molecule has 0 saturated heterocycles. The minimum atomic E-state index is -0.588. The molecule has 1 amide bonds. The highest BCUT2D eigenvalue weighted by Gasteiger charge is 2.11. The van der Waals surface area contributed by atoms with E-state index in [0.717, 1.165) is 28.1 Å². The highest BCUT2D eigenvalue weighted by Crippen LogP contribution is 2.27. The number of nitrogens with zero attached hydrogens (tertiary/aromatic N) is 2. The number of methoxy groups -OCH3 is 2. The van der Waals surface area contributed by atoms with Crippen LogP contribution >= 0.6 is 0 Å². The van der Waals surface area contributed by atoms with Gasteiger partial charge in [-0.25, -0.2) is 4.79 Å². The molecule has 2 aromatic carbocycles. The molecule has 0 unspecified atom stereocenters. The van der Waals surface area contributed by atoms with Crippen molar-refractivity contribution in [2.45, 2.75) is 33.7 Å². The van der Waals surface area contributed by atoms with Crippen molar-refractivity contribution in [2.24, 2.45) is 0 Å². The van der Waals surface area contributed by atoms with E-state index in [0.29, 0.717) is 31.0 Å². The summed E-state index contributed by atoms with van der Waals surface area (Å²) in [6, 6.07) is 13.9. The lowest BCUT2D eigenvalue weighted by Crippen LogP contribution is -2.30. The molecule has 0 bridgehead atoms. The van der Waals surface area contributed by atoms with Crippen LogP contribution in [0.15, 0.2) is 48.5 Å². The number of rotatable bonds is 11. The summed E-state index contributed by atoms with van der Waals surface area (Å²) in [5.41, 5.74) is 5.97. The fourth-order valence-corrected chi connectivity index (χ4v) is 3.74. The summed E-state index contributed by atoms with van der Waals surface area (Å²) < 4.78 is 17.5. The van der Waals surface area contributed by atoms with Crippen molar-refractivity contribution < 1.29 is 23.8 Å². The van der Waals surface area contributed by atoms with Crippen molar-refractivity contribution in [1.29, 1.82) is 0 Å². The molecular weight excluding hydrogens is 458 g/mol. The minimum absolute atomic E-state index is 0.347. The number of benzene rings is 2. The summed E-state index contributed by atoms with van der Waals surface area (Å²) in [6.07, 6.45) is 3.61. The van der Waals surface area contributed by atoms with Gasteiger partial charge in [0.2, 0.25) is 0 Å². The quantitative estimate of drug-likeness (QED) is 0.324. The molecule has 0 atom stereocenters. The van der Waals surface area contributed by atoms with Gasteiger partial charge in [-0.2, -0.15) is 5.10 Å². The normalized spacial score (nSPS) is 10.9. The maximum atomic E-state index is 12.2. The van der Waals surface area contributed by atoms with Crippen molar-refractivity contribution in [3.05, 3.63) is 82.2 Å². The molecule has 0 aliphatic carbocycles. The molecule has 0 aliphatic heterocycles. The predicted molar refractivity (Wildman–Crippen MR) is 138 cm³/mol. The van der Waals surface area contributed by atoms with Crippen LogP contribution in [-0.4, -0.2) is 49.0 Å². The van der Waals surface area contributed by atoms with Crippen molar-refractivity contribution in [3.63, 3.8) is 0 Å². The first-order valence-corrected chi connectivity index (χ1v) is 11.7. The summed E-state index contributed by atoms with van der Waals surface area (Å²) in [7, 11) is 3.16. The highest BCUT2D eigenvalue weighted by atomic mass is 16.5. The third-order valence-electron chi connectivity index (χ3n) is 5.81. The number of aromatic nitrogens is 2. The van der Waals surface area contributed by atoms with Gasteiger partial charge in [0.1, 0.15) is 0 Å². The van der Waals surface area contributed by atoms with Crippen LogP contribution in [0.5, 0.6) is 11.5 Å². The van der Waals surface area contributed by atoms with Crippen LogP contribution in [0.1, 0.15) is 33.6 Å². The molecule has 0 spiro atoms. The SMILES string of the molecule is COc1ccc(CCNC(=O)COC(=O)/C=C\c2c(C)nn(Cc3ccc(C)cc3)c2C)cc1OC. The molecule has 8 nitrogen and oxygen atoms in total. The van der Waals surface area contributed by atoms with Gasteiger partial charge in [-0.05, 0) is 56.5 Å². The third kappa shape index (κ3) is 7.21. The molecule has 0 radical (unpaired) electrons. The van der Waals surface area contributed by atoms with Crippen LogP contribution in [0.4, 0.5) is 0 Å². The molecule has 0 fully saturated rings. The van der Waals surface area contributed by atoms with E-state index in [-0.39, 0.29) is 12.5 Å². The van der Waals surface area contributed by atoms with E-state index in [1.807, 2.05) is 36.7 Å². The van der Waals surface area contributed by atoms with Gasteiger partial charge in [-0.1, -0.05) is 35.9 Å². The number of esters is 1. The third-order valence-corrected chi connectivity index (χ3v) is 5.81. The van der Waals surface area contributed by atoms with Gasteiger partial charge in [-0.15, -0.1) is 0 Å². The first kappa shape index (κ1) is 26.5. The molecule has 1 aromatic heterocycles. The minimum Gasteiger partial charge on any atom is -0.493 e. The van der Waals surface area contributed by atoms with Gasteiger partial charge in [0.15, 0.2) is 18.1 Å². The summed E-state index contributed by atoms with van der Waals surface area (Å²) in [6.45, 7) is 6.62. The van der Waals surface area contributed by atoms with Crippen molar-refractivity contribution in [3.8, 4) is 11.5 Å². The Morgan fingerprint density at radius 2 is 1.67 bits per heavy atom. The summed E-state index contributed by atoms with van der Waals surface area (Å²) in [5.74, 6) is 0.327. The topological polar surface area (TPSA) is 91.7 Å². The number of aryl methyl sites for hydroxylation is 2. The van der Waals surface area contributed by atoms with E-state index in [4.69, 9.17) is 14.2 Å². The number of carbonyl (C=O) groups excluding carboxylic acids is 2. The summed E-state index contributed by atoms with van der Waals surface area (Å²) in [5, 5.41) is 7.34. The van der Waals surface area contributed by atoms with Crippen molar-refractivity contribution in [2.75, 3.05) is 27.4 Å². The van der Waals surface area contributed by atoms with Gasteiger partial charge in [0.05, 0.1) is 26.5 Å². The number of hydrogen-bond acceptors (Lipinski definition) is 6. The van der Waals surface area contributed by atoms with Crippen LogP contribution < -0.4 is 14.8 Å². The fraction of sp³-hybridized carbons (Fsp3) is 0.321. The van der Waals surface area contributed by atoms with Gasteiger partial charge in [-0.3, -0.25) is 9.48 Å². The molecule has 8 heteroatoms. The lowest BCUT2D eigenvalue weighted by Gasteiger charge is -2.10.